The number of methoxy groups -OCH3 is 1. The quantitative estimate of drug-likeness (QED) is 0.728. The first-order valence-electron chi connectivity index (χ1n) is 5.46. The summed E-state index contributed by atoms with van der Waals surface area (Å²) >= 11 is 0. The van der Waals surface area contributed by atoms with Crippen molar-refractivity contribution in [2.45, 2.75) is 32.2 Å². The van der Waals surface area contributed by atoms with Crippen LogP contribution in [0.3, 0.4) is 0 Å². The highest BCUT2D eigenvalue weighted by Gasteiger charge is 2.09. The van der Waals surface area contributed by atoms with Gasteiger partial charge in [0.2, 0.25) is 0 Å². The van der Waals surface area contributed by atoms with Crippen LogP contribution in [0.25, 0.3) is 0 Å². The van der Waals surface area contributed by atoms with Crippen molar-refractivity contribution >= 4 is 0 Å². The van der Waals surface area contributed by atoms with Crippen LogP contribution < -0.4 is 5.73 Å². The lowest BCUT2D eigenvalue weighted by Crippen LogP contribution is -2.13. The summed E-state index contributed by atoms with van der Waals surface area (Å²) in [6, 6.07) is 2.13. The van der Waals surface area contributed by atoms with E-state index < -0.39 is 0 Å². The van der Waals surface area contributed by atoms with Gasteiger partial charge < -0.3 is 10.5 Å². The van der Waals surface area contributed by atoms with Crippen LogP contribution in [0.5, 0.6) is 0 Å². The average molecular weight is 208 g/mol. The second-order valence-electron chi connectivity index (χ2n) is 3.67. The van der Waals surface area contributed by atoms with E-state index in [9.17, 15) is 0 Å². The molecule has 2 N–H and O–H groups in total. The Hall–Kier alpha value is -0.930. The summed E-state index contributed by atoms with van der Waals surface area (Å²) in [6.07, 6.45) is 6.67. The number of rotatable bonds is 6. The number of aryl methyl sites for hydroxylation is 1. The molecule has 3 nitrogen and oxygen atoms in total. The zero-order chi connectivity index (χ0) is 11.1. The van der Waals surface area contributed by atoms with E-state index in [0.717, 1.165) is 25.9 Å². The van der Waals surface area contributed by atoms with E-state index in [1.54, 1.807) is 7.11 Å². The molecule has 0 aromatic carbocycles. The van der Waals surface area contributed by atoms with Crippen molar-refractivity contribution in [3.8, 4) is 0 Å². The maximum absolute atomic E-state index is 6.13. The minimum absolute atomic E-state index is 0.109. The largest absolute Gasteiger partial charge is 0.385 e. The molecule has 0 aliphatic rings. The van der Waals surface area contributed by atoms with Crippen molar-refractivity contribution in [3.63, 3.8) is 0 Å². The monoisotopic (exact) mass is 208 g/mol. The predicted octanol–water partition coefficient (Wildman–Crippen LogP) is 2.07. The second-order valence-corrected chi connectivity index (χ2v) is 3.67. The molecule has 1 aromatic rings. The lowest BCUT2D eigenvalue weighted by atomic mass is 9.98. The smallest absolute Gasteiger partial charge is 0.0462 e. The van der Waals surface area contributed by atoms with Gasteiger partial charge in [-0.15, -0.1) is 0 Å². The lowest BCUT2D eigenvalue weighted by Gasteiger charge is -2.14. The molecule has 0 amide bonds. The molecular weight excluding hydrogens is 188 g/mol. The van der Waals surface area contributed by atoms with E-state index in [2.05, 4.69) is 11.9 Å². The SMILES string of the molecule is CCc1cnccc1C(N)CCCOC. The van der Waals surface area contributed by atoms with Gasteiger partial charge in [-0.1, -0.05) is 6.92 Å². The third kappa shape index (κ3) is 3.61. The fourth-order valence-electron chi connectivity index (χ4n) is 1.70. The van der Waals surface area contributed by atoms with Gasteiger partial charge in [0.1, 0.15) is 0 Å². The van der Waals surface area contributed by atoms with Gasteiger partial charge in [0, 0.05) is 32.2 Å². The average Bonchev–Trinajstić information content (AvgIpc) is 2.29. The van der Waals surface area contributed by atoms with Crippen molar-refractivity contribution in [2.75, 3.05) is 13.7 Å². The van der Waals surface area contributed by atoms with Crippen LogP contribution in [0.1, 0.15) is 36.9 Å². The van der Waals surface area contributed by atoms with E-state index in [1.807, 2.05) is 18.5 Å². The Labute approximate surface area is 91.7 Å². The molecule has 0 saturated heterocycles. The first-order valence-corrected chi connectivity index (χ1v) is 5.46. The van der Waals surface area contributed by atoms with E-state index >= 15 is 0 Å². The van der Waals surface area contributed by atoms with Crippen LogP contribution in [0.2, 0.25) is 0 Å². The molecule has 1 rings (SSSR count). The predicted molar refractivity (Wildman–Crippen MR) is 61.7 cm³/mol. The summed E-state index contributed by atoms with van der Waals surface area (Å²) in [6.45, 7) is 2.91. The number of hydrogen-bond donors (Lipinski definition) is 1. The number of hydrogen-bond acceptors (Lipinski definition) is 3. The molecule has 1 aromatic heterocycles. The molecule has 1 unspecified atom stereocenters. The molecule has 0 radical (unpaired) electrons. The Morgan fingerprint density at radius 3 is 3.00 bits per heavy atom. The Morgan fingerprint density at radius 2 is 2.33 bits per heavy atom. The van der Waals surface area contributed by atoms with Gasteiger partial charge in [-0.3, -0.25) is 4.98 Å². The summed E-state index contributed by atoms with van der Waals surface area (Å²) in [7, 11) is 1.72. The molecule has 0 saturated carbocycles. The zero-order valence-electron chi connectivity index (χ0n) is 9.57. The van der Waals surface area contributed by atoms with E-state index in [4.69, 9.17) is 10.5 Å². The van der Waals surface area contributed by atoms with Crippen molar-refractivity contribution in [3.05, 3.63) is 29.6 Å². The molecule has 1 heterocycles. The topological polar surface area (TPSA) is 48.1 Å². The van der Waals surface area contributed by atoms with Gasteiger partial charge in [0.25, 0.3) is 0 Å². The highest BCUT2D eigenvalue weighted by molar-refractivity contribution is 5.26. The molecule has 0 aliphatic carbocycles. The molecule has 0 spiro atoms. The minimum atomic E-state index is 0.109. The standard InChI is InChI=1S/C12H20N2O/c1-3-10-9-14-7-6-11(10)12(13)5-4-8-15-2/h6-7,9,12H,3-5,8,13H2,1-2H3. The van der Waals surface area contributed by atoms with Crippen LogP contribution in [0.15, 0.2) is 18.5 Å². The second kappa shape index (κ2) is 6.53. The minimum Gasteiger partial charge on any atom is -0.385 e. The summed E-state index contributed by atoms with van der Waals surface area (Å²) < 4.78 is 5.02. The number of nitrogens with two attached hydrogens (primary N) is 1. The normalized spacial score (nSPS) is 12.7. The Bertz CT molecular complexity index is 289. The van der Waals surface area contributed by atoms with Crippen molar-refractivity contribution < 1.29 is 4.74 Å². The van der Waals surface area contributed by atoms with Crippen molar-refractivity contribution in [1.82, 2.24) is 4.98 Å². The molecular formula is C12H20N2O. The molecule has 0 bridgehead atoms. The highest BCUT2D eigenvalue weighted by Crippen LogP contribution is 2.19. The molecule has 1 atom stereocenters. The van der Waals surface area contributed by atoms with Crippen LogP contribution >= 0.6 is 0 Å². The molecule has 84 valence electrons. The van der Waals surface area contributed by atoms with Gasteiger partial charge in [0.05, 0.1) is 0 Å². The Kier molecular flexibility index (Phi) is 5.29. The van der Waals surface area contributed by atoms with E-state index in [0.29, 0.717) is 0 Å². The first-order chi connectivity index (χ1) is 7.29. The first kappa shape index (κ1) is 12.1. The number of aromatic nitrogens is 1. The maximum atomic E-state index is 6.13. The van der Waals surface area contributed by atoms with Crippen LogP contribution in [-0.2, 0) is 11.2 Å². The molecule has 15 heavy (non-hydrogen) atoms. The van der Waals surface area contributed by atoms with Crippen LogP contribution in [-0.4, -0.2) is 18.7 Å². The Morgan fingerprint density at radius 1 is 1.53 bits per heavy atom. The van der Waals surface area contributed by atoms with Gasteiger partial charge in [-0.25, -0.2) is 0 Å². The molecule has 0 aliphatic heterocycles. The number of ether oxygens (including phenoxy) is 1. The van der Waals surface area contributed by atoms with Crippen molar-refractivity contribution in [1.29, 1.82) is 0 Å². The molecule has 0 fully saturated rings. The third-order valence-electron chi connectivity index (χ3n) is 2.59. The van der Waals surface area contributed by atoms with Crippen LogP contribution in [0.4, 0.5) is 0 Å². The van der Waals surface area contributed by atoms with Gasteiger partial charge in [-0.2, -0.15) is 0 Å². The fourth-order valence-corrected chi connectivity index (χ4v) is 1.70. The Balaban J connectivity index is 2.59. The lowest BCUT2D eigenvalue weighted by molar-refractivity contribution is 0.190. The number of nitrogens with zero attached hydrogens (tertiary/aromatic N) is 1. The third-order valence-corrected chi connectivity index (χ3v) is 2.59. The summed E-state index contributed by atoms with van der Waals surface area (Å²) in [5.41, 5.74) is 8.61. The van der Waals surface area contributed by atoms with Gasteiger partial charge in [-0.05, 0) is 36.5 Å². The summed E-state index contributed by atoms with van der Waals surface area (Å²) in [5, 5.41) is 0. The summed E-state index contributed by atoms with van der Waals surface area (Å²) in [5.74, 6) is 0. The van der Waals surface area contributed by atoms with Crippen molar-refractivity contribution in [2.24, 2.45) is 5.73 Å². The summed E-state index contributed by atoms with van der Waals surface area (Å²) in [4.78, 5) is 4.11. The fraction of sp³-hybridized carbons (Fsp3) is 0.583. The van der Waals surface area contributed by atoms with Crippen LogP contribution in [0, 0.1) is 0 Å². The van der Waals surface area contributed by atoms with E-state index in [1.165, 1.54) is 11.1 Å². The zero-order valence-corrected chi connectivity index (χ0v) is 9.57. The van der Waals surface area contributed by atoms with Gasteiger partial charge >= 0.3 is 0 Å². The maximum Gasteiger partial charge on any atom is 0.0462 e. The highest BCUT2D eigenvalue weighted by atomic mass is 16.5. The molecule has 3 heteroatoms. The van der Waals surface area contributed by atoms with Gasteiger partial charge in [0.15, 0.2) is 0 Å². The number of pyridine rings is 1. The van der Waals surface area contributed by atoms with E-state index in [-0.39, 0.29) is 6.04 Å².